The molecule has 0 atom stereocenters. The first-order valence-corrected chi connectivity index (χ1v) is 11.7. The third-order valence-electron chi connectivity index (χ3n) is 6.00. The van der Waals surface area contributed by atoms with Crippen molar-refractivity contribution in [2.75, 3.05) is 14.1 Å². The zero-order chi connectivity index (χ0) is 22.4. The molecule has 2 heterocycles. The van der Waals surface area contributed by atoms with Gasteiger partial charge in [0.2, 0.25) is 5.91 Å². The summed E-state index contributed by atoms with van der Waals surface area (Å²) >= 11 is 0. The van der Waals surface area contributed by atoms with E-state index in [-0.39, 0.29) is 5.91 Å². The van der Waals surface area contributed by atoms with Gasteiger partial charge in [0.25, 0.3) is 0 Å². The smallest absolute Gasteiger partial charge is 0.228 e. The molecule has 0 radical (unpaired) electrons. The van der Waals surface area contributed by atoms with Crippen molar-refractivity contribution in [3.8, 4) is 11.3 Å². The minimum Gasteiger partial charge on any atom is -0.348 e. The highest BCUT2D eigenvalue weighted by atomic mass is 16.2. The number of hydrogen-bond donors (Lipinski definition) is 0. The SMILES string of the molecule is CCCCCCCCc1cc(C)ccc1-c1nc2ccc(C)cn2c1CC(=O)N(C)C. The van der Waals surface area contributed by atoms with Crippen LogP contribution in [0, 0.1) is 13.8 Å². The maximum absolute atomic E-state index is 12.6. The fourth-order valence-corrected chi connectivity index (χ4v) is 4.14. The van der Waals surface area contributed by atoms with Crippen LogP contribution in [0.15, 0.2) is 36.5 Å². The highest BCUT2D eigenvalue weighted by Crippen LogP contribution is 2.30. The molecule has 0 saturated heterocycles. The molecule has 1 amide bonds. The number of unbranched alkanes of at least 4 members (excludes halogenated alkanes) is 5. The monoisotopic (exact) mass is 419 g/mol. The van der Waals surface area contributed by atoms with Crippen LogP contribution in [0.5, 0.6) is 0 Å². The molecule has 2 aromatic heterocycles. The molecule has 0 fully saturated rings. The molecule has 3 rings (SSSR count). The van der Waals surface area contributed by atoms with E-state index in [9.17, 15) is 4.79 Å². The number of rotatable bonds is 10. The Kier molecular flexibility index (Phi) is 7.89. The molecule has 3 aromatic rings. The number of pyridine rings is 1. The van der Waals surface area contributed by atoms with Gasteiger partial charge < -0.3 is 9.30 Å². The number of carbonyl (C=O) groups excluding carboxylic acids is 1. The van der Waals surface area contributed by atoms with Gasteiger partial charge in [-0.2, -0.15) is 0 Å². The Morgan fingerprint density at radius 1 is 0.968 bits per heavy atom. The molecular weight excluding hydrogens is 382 g/mol. The molecule has 1 aromatic carbocycles. The van der Waals surface area contributed by atoms with Crippen LogP contribution in [0.3, 0.4) is 0 Å². The molecule has 0 aliphatic carbocycles. The lowest BCUT2D eigenvalue weighted by molar-refractivity contribution is -0.128. The first-order chi connectivity index (χ1) is 14.9. The summed E-state index contributed by atoms with van der Waals surface area (Å²) in [6.07, 6.45) is 11.2. The molecule has 0 unspecified atom stereocenters. The summed E-state index contributed by atoms with van der Waals surface area (Å²) in [5.41, 5.74) is 7.76. The van der Waals surface area contributed by atoms with Crippen LogP contribution >= 0.6 is 0 Å². The van der Waals surface area contributed by atoms with Crippen LogP contribution in [0.1, 0.15) is 67.8 Å². The van der Waals surface area contributed by atoms with Gasteiger partial charge in [-0.1, -0.05) is 68.9 Å². The fraction of sp³-hybridized carbons (Fsp3) is 0.481. The molecular formula is C27H37N3O. The van der Waals surface area contributed by atoms with E-state index < -0.39 is 0 Å². The topological polar surface area (TPSA) is 37.6 Å². The van der Waals surface area contributed by atoms with Crippen molar-refractivity contribution in [2.45, 2.75) is 72.1 Å². The van der Waals surface area contributed by atoms with E-state index >= 15 is 0 Å². The van der Waals surface area contributed by atoms with Gasteiger partial charge in [-0.15, -0.1) is 0 Å². The lowest BCUT2D eigenvalue weighted by atomic mass is 9.95. The Bertz CT molecular complexity index is 1030. The molecule has 0 N–H and O–H groups in total. The Morgan fingerprint density at radius 2 is 1.68 bits per heavy atom. The number of aromatic nitrogens is 2. The van der Waals surface area contributed by atoms with Crippen molar-refractivity contribution in [3.05, 3.63) is 58.9 Å². The number of amides is 1. The van der Waals surface area contributed by atoms with Crippen LogP contribution in [-0.2, 0) is 17.6 Å². The molecule has 4 heteroatoms. The summed E-state index contributed by atoms with van der Waals surface area (Å²) in [7, 11) is 3.62. The second-order valence-electron chi connectivity index (χ2n) is 8.99. The van der Waals surface area contributed by atoms with E-state index in [2.05, 4.69) is 55.6 Å². The van der Waals surface area contributed by atoms with Crippen LogP contribution in [0.2, 0.25) is 0 Å². The van der Waals surface area contributed by atoms with Crippen molar-refractivity contribution >= 4 is 11.6 Å². The largest absolute Gasteiger partial charge is 0.348 e. The number of aryl methyl sites for hydroxylation is 3. The van der Waals surface area contributed by atoms with E-state index in [0.29, 0.717) is 6.42 Å². The van der Waals surface area contributed by atoms with Crippen molar-refractivity contribution in [3.63, 3.8) is 0 Å². The average molecular weight is 420 g/mol. The second-order valence-corrected chi connectivity index (χ2v) is 8.99. The van der Waals surface area contributed by atoms with Crippen LogP contribution < -0.4 is 0 Å². The van der Waals surface area contributed by atoms with Gasteiger partial charge in [0.15, 0.2) is 0 Å². The summed E-state index contributed by atoms with van der Waals surface area (Å²) in [6.45, 7) is 6.48. The highest BCUT2D eigenvalue weighted by molar-refractivity contribution is 5.82. The van der Waals surface area contributed by atoms with E-state index in [4.69, 9.17) is 4.98 Å². The lowest BCUT2D eigenvalue weighted by Crippen LogP contribution is -2.24. The number of fused-ring (bicyclic) bond motifs is 1. The zero-order valence-electron chi connectivity index (χ0n) is 19.9. The summed E-state index contributed by atoms with van der Waals surface area (Å²) in [5.74, 6) is 0.0918. The summed E-state index contributed by atoms with van der Waals surface area (Å²) in [4.78, 5) is 19.3. The summed E-state index contributed by atoms with van der Waals surface area (Å²) in [6, 6.07) is 10.8. The minimum atomic E-state index is 0.0918. The molecule has 0 saturated carbocycles. The Morgan fingerprint density at radius 3 is 2.42 bits per heavy atom. The van der Waals surface area contributed by atoms with Crippen molar-refractivity contribution in [1.82, 2.24) is 14.3 Å². The first kappa shape index (κ1) is 23.1. The van der Waals surface area contributed by atoms with Gasteiger partial charge >= 0.3 is 0 Å². The van der Waals surface area contributed by atoms with Gasteiger partial charge in [-0.05, 0) is 43.9 Å². The average Bonchev–Trinajstić information content (AvgIpc) is 3.08. The molecule has 0 aliphatic rings. The van der Waals surface area contributed by atoms with E-state index in [1.165, 1.54) is 55.2 Å². The Balaban J connectivity index is 1.97. The first-order valence-electron chi connectivity index (χ1n) is 11.7. The maximum Gasteiger partial charge on any atom is 0.228 e. The molecule has 0 spiro atoms. The number of imidazole rings is 1. The minimum absolute atomic E-state index is 0.0918. The standard InChI is InChI=1S/C27H37N3O/c1-6-7-8-9-10-11-12-22-17-20(2)13-15-23(22)27-24(18-26(31)29(4)5)30-19-21(3)14-16-25(30)28-27/h13-17,19H,6-12,18H2,1-5H3. The Hall–Kier alpha value is -2.62. The van der Waals surface area contributed by atoms with Gasteiger partial charge in [0.1, 0.15) is 5.65 Å². The third-order valence-corrected chi connectivity index (χ3v) is 6.00. The van der Waals surface area contributed by atoms with Gasteiger partial charge in [-0.3, -0.25) is 4.79 Å². The van der Waals surface area contributed by atoms with Crippen molar-refractivity contribution in [1.29, 1.82) is 0 Å². The van der Waals surface area contributed by atoms with E-state index in [0.717, 1.165) is 29.0 Å². The quantitative estimate of drug-likeness (QED) is 0.370. The van der Waals surface area contributed by atoms with Crippen molar-refractivity contribution in [2.24, 2.45) is 0 Å². The van der Waals surface area contributed by atoms with Crippen LogP contribution in [-0.4, -0.2) is 34.3 Å². The number of hydrogen-bond acceptors (Lipinski definition) is 2. The molecule has 4 nitrogen and oxygen atoms in total. The molecule has 0 aliphatic heterocycles. The summed E-state index contributed by atoms with van der Waals surface area (Å²) < 4.78 is 2.10. The fourth-order valence-electron chi connectivity index (χ4n) is 4.14. The van der Waals surface area contributed by atoms with Crippen molar-refractivity contribution < 1.29 is 4.79 Å². The van der Waals surface area contributed by atoms with Crippen LogP contribution in [0.25, 0.3) is 16.9 Å². The number of nitrogens with zero attached hydrogens (tertiary/aromatic N) is 3. The highest BCUT2D eigenvalue weighted by Gasteiger charge is 2.20. The summed E-state index contributed by atoms with van der Waals surface area (Å²) in [5, 5.41) is 0. The normalized spacial score (nSPS) is 11.3. The molecule has 166 valence electrons. The lowest BCUT2D eigenvalue weighted by Gasteiger charge is -2.14. The predicted octanol–water partition coefficient (Wildman–Crippen LogP) is 6.15. The number of carbonyl (C=O) groups is 1. The molecule has 31 heavy (non-hydrogen) atoms. The number of likely N-dealkylation sites (N-methyl/N-ethyl adjacent to an activating group) is 1. The Labute approximate surface area is 187 Å². The van der Waals surface area contributed by atoms with E-state index in [1.807, 2.05) is 20.2 Å². The zero-order valence-corrected chi connectivity index (χ0v) is 19.9. The maximum atomic E-state index is 12.6. The van der Waals surface area contributed by atoms with Gasteiger partial charge in [-0.25, -0.2) is 4.98 Å². The predicted molar refractivity (Wildman–Crippen MR) is 130 cm³/mol. The molecule has 0 bridgehead atoms. The van der Waals surface area contributed by atoms with E-state index in [1.54, 1.807) is 4.90 Å². The third kappa shape index (κ3) is 5.75. The van der Waals surface area contributed by atoms with Crippen LogP contribution in [0.4, 0.5) is 0 Å². The van der Waals surface area contributed by atoms with Gasteiger partial charge in [0.05, 0.1) is 17.8 Å². The number of benzene rings is 1. The second kappa shape index (κ2) is 10.6. The van der Waals surface area contributed by atoms with Gasteiger partial charge in [0, 0.05) is 25.9 Å².